The maximum atomic E-state index is 11.9. The molecule has 3 aliphatic rings. The second-order valence-corrected chi connectivity index (χ2v) is 4.52. The first-order valence-corrected chi connectivity index (χ1v) is 5.45. The van der Waals surface area contributed by atoms with Gasteiger partial charge in [-0.05, 0) is 31.1 Å². The van der Waals surface area contributed by atoms with Crippen LogP contribution < -0.4 is 0 Å². The average molecular weight is 207 g/mol. The van der Waals surface area contributed by atoms with E-state index in [4.69, 9.17) is 5.11 Å². The quantitative estimate of drug-likeness (QED) is 0.652. The Labute approximate surface area is 87.6 Å². The van der Waals surface area contributed by atoms with E-state index >= 15 is 0 Å². The highest BCUT2D eigenvalue weighted by Crippen LogP contribution is 2.51. The molecule has 2 bridgehead atoms. The van der Waals surface area contributed by atoms with E-state index < -0.39 is 0 Å². The van der Waals surface area contributed by atoms with Gasteiger partial charge in [0.15, 0.2) is 0 Å². The molecule has 4 nitrogen and oxygen atoms in total. The molecule has 3 rings (SSSR count). The minimum Gasteiger partial charge on any atom is -0.395 e. The monoisotopic (exact) mass is 207 g/mol. The van der Waals surface area contributed by atoms with E-state index in [0.29, 0.717) is 11.8 Å². The fraction of sp³-hybridized carbons (Fsp3) is 0.636. The van der Waals surface area contributed by atoms with Crippen molar-refractivity contribution in [2.75, 3.05) is 13.2 Å². The molecule has 1 saturated carbocycles. The molecule has 1 N–H and O–H groups in total. The van der Waals surface area contributed by atoms with Crippen molar-refractivity contribution in [3.63, 3.8) is 0 Å². The summed E-state index contributed by atoms with van der Waals surface area (Å²) in [5.41, 5.74) is 1.54. The second kappa shape index (κ2) is 2.92. The van der Waals surface area contributed by atoms with E-state index in [1.807, 2.05) is 0 Å². The summed E-state index contributed by atoms with van der Waals surface area (Å²) in [6.07, 6.45) is 3.10. The van der Waals surface area contributed by atoms with Gasteiger partial charge in [-0.2, -0.15) is 0 Å². The molecule has 0 spiro atoms. The Morgan fingerprint density at radius 1 is 1.13 bits per heavy atom. The average Bonchev–Trinajstić information content (AvgIpc) is 2.87. The van der Waals surface area contributed by atoms with Gasteiger partial charge >= 0.3 is 0 Å². The first-order valence-electron chi connectivity index (χ1n) is 5.45. The van der Waals surface area contributed by atoms with E-state index in [-0.39, 0.29) is 25.0 Å². The number of hydrogen-bond donors (Lipinski definition) is 1. The summed E-state index contributed by atoms with van der Waals surface area (Å²) in [5, 5.41) is 8.81. The van der Waals surface area contributed by atoms with E-state index in [1.165, 1.54) is 4.90 Å². The third-order valence-electron chi connectivity index (χ3n) is 3.81. The number of hydrogen-bond acceptors (Lipinski definition) is 3. The third-order valence-corrected chi connectivity index (χ3v) is 3.81. The lowest BCUT2D eigenvalue weighted by Crippen LogP contribution is -2.35. The van der Waals surface area contributed by atoms with Gasteiger partial charge in [-0.3, -0.25) is 14.5 Å². The van der Waals surface area contributed by atoms with Crippen molar-refractivity contribution < 1.29 is 14.7 Å². The van der Waals surface area contributed by atoms with Crippen LogP contribution in [0.1, 0.15) is 19.3 Å². The van der Waals surface area contributed by atoms with Gasteiger partial charge in [0.1, 0.15) is 0 Å². The van der Waals surface area contributed by atoms with Crippen molar-refractivity contribution in [1.82, 2.24) is 4.90 Å². The molecule has 0 aromatic rings. The topological polar surface area (TPSA) is 57.6 Å². The minimum atomic E-state index is -0.145. The molecule has 2 atom stereocenters. The molecule has 1 fully saturated rings. The number of carbonyl (C=O) groups excluding carboxylic acids is 2. The SMILES string of the molecule is O=C1C2=C(C(=O)N1CCO)C1CCC2C1. The number of imide groups is 1. The van der Waals surface area contributed by atoms with Crippen LogP contribution in [0.3, 0.4) is 0 Å². The van der Waals surface area contributed by atoms with Gasteiger partial charge in [-0.25, -0.2) is 0 Å². The van der Waals surface area contributed by atoms with Crippen LogP contribution in [0.5, 0.6) is 0 Å². The minimum absolute atomic E-state index is 0.142. The fourth-order valence-corrected chi connectivity index (χ4v) is 3.21. The standard InChI is InChI=1S/C11H13NO3/c13-4-3-12-10(14)8-6-1-2-7(5-6)9(8)11(12)15/h6-7,13H,1-5H2. The molecular formula is C11H13NO3. The second-order valence-electron chi connectivity index (χ2n) is 4.52. The number of carbonyl (C=O) groups is 2. The van der Waals surface area contributed by atoms with Crippen molar-refractivity contribution >= 4 is 11.8 Å². The van der Waals surface area contributed by atoms with E-state index in [2.05, 4.69) is 0 Å². The van der Waals surface area contributed by atoms with Crippen LogP contribution in [0.4, 0.5) is 0 Å². The maximum absolute atomic E-state index is 11.9. The Morgan fingerprint density at radius 3 is 2.13 bits per heavy atom. The molecule has 2 aliphatic carbocycles. The van der Waals surface area contributed by atoms with Gasteiger partial charge in [-0.15, -0.1) is 0 Å². The highest BCUT2D eigenvalue weighted by atomic mass is 16.3. The number of fused-ring (bicyclic) bond motifs is 4. The smallest absolute Gasteiger partial charge is 0.257 e. The van der Waals surface area contributed by atoms with Gasteiger partial charge in [-0.1, -0.05) is 0 Å². The predicted octanol–water partition coefficient (Wildman–Crippen LogP) is 0.0740. The molecule has 4 heteroatoms. The van der Waals surface area contributed by atoms with Crippen molar-refractivity contribution in [3.8, 4) is 0 Å². The van der Waals surface area contributed by atoms with Gasteiger partial charge in [0.2, 0.25) is 0 Å². The fourth-order valence-electron chi connectivity index (χ4n) is 3.21. The van der Waals surface area contributed by atoms with E-state index in [9.17, 15) is 9.59 Å². The molecule has 2 unspecified atom stereocenters. The summed E-state index contributed by atoms with van der Waals surface area (Å²) < 4.78 is 0. The lowest BCUT2D eigenvalue weighted by molar-refractivity contribution is -0.138. The third kappa shape index (κ3) is 1.00. The van der Waals surface area contributed by atoms with Crippen molar-refractivity contribution in [2.45, 2.75) is 19.3 Å². The molecule has 2 amide bonds. The Hall–Kier alpha value is -1.16. The lowest BCUT2D eigenvalue weighted by Gasteiger charge is -2.16. The maximum Gasteiger partial charge on any atom is 0.257 e. The summed E-state index contributed by atoms with van der Waals surface area (Å²) in [6.45, 7) is -0.00250. The summed E-state index contributed by atoms with van der Waals surface area (Å²) >= 11 is 0. The highest BCUT2D eigenvalue weighted by molar-refractivity contribution is 6.20. The van der Waals surface area contributed by atoms with Crippen LogP contribution in [0.25, 0.3) is 0 Å². The van der Waals surface area contributed by atoms with Gasteiger partial charge in [0.25, 0.3) is 11.8 Å². The zero-order valence-electron chi connectivity index (χ0n) is 8.40. The van der Waals surface area contributed by atoms with Crippen molar-refractivity contribution in [2.24, 2.45) is 11.8 Å². The van der Waals surface area contributed by atoms with Gasteiger partial charge < -0.3 is 5.11 Å². The van der Waals surface area contributed by atoms with Crippen LogP contribution in [0.15, 0.2) is 11.1 Å². The molecule has 0 radical (unpaired) electrons. The number of amides is 2. The lowest BCUT2D eigenvalue weighted by atomic mass is 9.93. The summed E-state index contributed by atoms with van der Waals surface area (Å²) in [5.74, 6) is 0.364. The van der Waals surface area contributed by atoms with Gasteiger partial charge in [0, 0.05) is 11.1 Å². The highest BCUT2D eigenvalue weighted by Gasteiger charge is 2.51. The zero-order chi connectivity index (χ0) is 10.6. The van der Waals surface area contributed by atoms with Crippen LogP contribution in [-0.4, -0.2) is 35.0 Å². The molecular weight excluding hydrogens is 194 g/mol. The Kier molecular flexibility index (Phi) is 1.77. The molecule has 0 saturated heterocycles. The summed E-state index contributed by atoms with van der Waals surface area (Å²) in [6, 6.07) is 0. The zero-order valence-corrected chi connectivity index (χ0v) is 8.40. The van der Waals surface area contributed by atoms with E-state index in [1.54, 1.807) is 0 Å². The van der Waals surface area contributed by atoms with E-state index in [0.717, 1.165) is 30.4 Å². The Morgan fingerprint density at radius 2 is 1.67 bits per heavy atom. The van der Waals surface area contributed by atoms with Crippen LogP contribution >= 0.6 is 0 Å². The van der Waals surface area contributed by atoms with Crippen molar-refractivity contribution in [1.29, 1.82) is 0 Å². The molecule has 15 heavy (non-hydrogen) atoms. The molecule has 0 aromatic heterocycles. The van der Waals surface area contributed by atoms with Crippen LogP contribution in [-0.2, 0) is 9.59 Å². The number of rotatable bonds is 2. The number of nitrogens with zero attached hydrogens (tertiary/aromatic N) is 1. The number of likely N-dealkylation sites (tertiary alicyclic amines) is 1. The Bertz CT molecular complexity index is 353. The Balaban J connectivity index is 1.97. The van der Waals surface area contributed by atoms with Crippen LogP contribution in [0.2, 0.25) is 0 Å². The predicted molar refractivity (Wildman–Crippen MR) is 51.7 cm³/mol. The largest absolute Gasteiger partial charge is 0.395 e. The van der Waals surface area contributed by atoms with Gasteiger partial charge in [0.05, 0.1) is 13.2 Å². The molecule has 80 valence electrons. The number of β-amino-alcohol motifs (C(OH)–C–C–N with tert-alkyl or cyclic N) is 1. The number of aliphatic hydroxyl groups is 1. The summed E-state index contributed by atoms with van der Waals surface area (Å²) in [4.78, 5) is 25.0. The first kappa shape index (κ1) is 9.09. The molecule has 1 heterocycles. The van der Waals surface area contributed by atoms with Crippen LogP contribution in [0, 0.1) is 11.8 Å². The molecule has 0 aromatic carbocycles. The van der Waals surface area contributed by atoms with Crippen molar-refractivity contribution in [3.05, 3.63) is 11.1 Å². The number of aliphatic hydroxyl groups excluding tert-OH is 1. The molecule has 1 aliphatic heterocycles. The normalized spacial score (nSPS) is 33.3. The summed E-state index contributed by atoms with van der Waals surface area (Å²) in [7, 11) is 0. The first-order chi connectivity index (χ1) is 7.24.